The van der Waals surface area contributed by atoms with Crippen LogP contribution in [0.25, 0.3) is 0 Å². The molecule has 0 fully saturated rings. The number of para-hydroxylation sites is 2. The van der Waals surface area contributed by atoms with Gasteiger partial charge >= 0.3 is 0 Å². The van der Waals surface area contributed by atoms with E-state index in [1.54, 1.807) is 37.4 Å². The first-order chi connectivity index (χ1) is 9.52. The molecule has 102 valence electrons. The smallest absolute Gasteiger partial charge is 0.300 e. The Morgan fingerprint density at radius 2 is 1.35 bits per heavy atom. The van der Waals surface area contributed by atoms with Gasteiger partial charge in [0, 0.05) is 24.9 Å². The number of hydrogen-bond donors (Lipinski definition) is 0. The predicted molar refractivity (Wildman–Crippen MR) is 74.3 cm³/mol. The maximum absolute atomic E-state index is 11.1. The molecule has 0 aliphatic rings. The van der Waals surface area contributed by atoms with Crippen LogP contribution in [0.2, 0.25) is 0 Å². The van der Waals surface area contributed by atoms with Crippen LogP contribution in [-0.2, 0) is 0 Å². The molecule has 0 radical (unpaired) electrons. The topological polar surface area (TPSA) is 89.5 Å². The van der Waals surface area contributed by atoms with Gasteiger partial charge in [-0.3, -0.25) is 20.2 Å². The van der Waals surface area contributed by atoms with E-state index in [0.717, 1.165) is 0 Å². The van der Waals surface area contributed by atoms with Crippen molar-refractivity contribution in [2.45, 2.75) is 0 Å². The molecular weight excluding hydrogens is 262 g/mol. The minimum absolute atomic E-state index is 0.0336. The van der Waals surface area contributed by atoms with Crippen LogP contribution < -0.4 is 4.90 Å². The molecule has 0 N–H and O–H groups in total. The van der Waals surface area contributed by atoms with Crippen LogP contribution in [0.5, 0.6) is 0 Å². The molecule has 0 bridgehead atoms. The van der Waals surface area contributed by atoms with Gasteiger partial charge in [-0.05, 0) is 18.2 Å². The van der Waals surface area contributed by atoms with E-state index in [1.807, 2.05) is 0 Å². The standard InChI is InChI=1S/C13H11N3O4/c1-14(10-6-3-2-4-7-10)13-11(15(17)18)8-5-9-12(13)16(19)20/h2-9H,1H3. The third-order valence-corrected chi connectivity index (χ3v) is 2.87. The van der Waals surface area contributed by atoms with Crippen LogP contribution >= 0.6 is 0 Å². The second-order valence-corrected chi connectivity index (χ2v) is 4.05. The molecule has 0 heterocycles. The molecule has 0 aromatic heterocycles. The second kappa shape index (κ2) is 5.35. The van der Waals surface area contributed by atoms with Crippen molar-refractivity contribution >= 4 is 22.7 Å². The number of anilines is 2. The van der Waals surface area contributed by atoms with Crippen molar-refractivity contribution in [1.29, 1.82) is 0 Å². The Balaban J connectivity index is 2.64. The lowest BCUT2D eigenvalue weighted by atomic mass is 10.2. The fourth-order valence-electron chi connectivity index (χ4n) is 1.94. The Morgan fingerprint density at radius 1 is 0.850 bits per heavy atom. The van der Waals surface area contributed by atoms with E-state index >= 15 is 0 Å². The highest BCUT2D eigenvalue weighted by atomic mass is 16.6. The third-order valence-electron chi connectivity index (χ3n) is 2.87. The summed E-state index contributed by atoms with van der Waals surface area (Å²) in [7, 11) is 1.56. The molecule has 20 heavy (non-hydrogen) atoms. The van der Waals surface area contributed by atoms with Gasteiger partial charge in [0.15, 0.2) is 5.69 Å². The number of benzene rings is 2. The highest BCUT2D eigenvalue weighted by molar-refractivity contribution is 5.80. The zero-order valence-corrected chi connectivity index (χ0v) is 10.6. The van der Waals surface area contributed by atoms with E-state index < -0.39 is 9.85 Å². The quantitative estimate of drug-likeness (QED) is 0.630. The molecule has 0 aliphatic heterocycles. The van der Waals surface area contributed by atoms with Crippen LogP contribution in [0.3, 0.4) is 0 Å². The summed E-state index contributed by atoms with van der Waals surface area (Å²) in [6.45, 7) is 0. The first kappa shape index (κ1) is 13.5. The molecule has 7 heteroatoms. The van der Waals surface area contributed by atoms with Gasteiger partial charge in [-0.1, -0.05) is 18.2 Å². The Labute approximate surface area is 114 Å². The second-order valence-electron chi connectivity index (χ2n) is 4.05. The van der Waals surface area contributed by atoms with Gasteiger partial charge in [0.2, 0.25) is 0 Å². The summed E-state index contributed by atoms with van der Waals surface area (Å²) < 4.78 is 0. The van der Waals surface area contributed by atoms with E-state index in [1.165, 1.54) is 23.1 Å². The summed E-state index contributed by atoms with van der Waals surface area (Å²) in [5, 5.41) is 22.2. The van der Waals surface area contributed by atoms with E-state index in [-0.39, 0.29) is 17.1 Å². The lowest BCUT2D eigenvalue weighted by Crippen LogP contribution is -2.13. The number of nitro benzene ring substituents is 2. The minimum atomic E-state index is -0.623. The molecule has 7 nitrogen and oxygen atoms in total. The highest BCUT2D eigenvalue weighted by Gasteiger charge is 2.28. The van der Waals surface area contributed by atoms with Crippen LogP contribution in [0, 0.1) is 20.2 Å². The van der Waals surface area contributed by atoms with Gasteiger partial charge in [-0.25, -0.2) is 0 Å². The maximum Gasteiger partial charge on any atom is 0.300 e. The van der Waals surface area contributed by atoms with Gasteiger partial charge < -0.3 is 4.90 Å². The van der Waals surface area contributed by atoms with E-state index in [9.17, 15) is 20.2 Å². The Bertz CT molecular complexity index is 626. The van der Waals surface area contributed by atoms with Crippen molar-refractivity contribution in [2.75, 3.05) is 11.9 Å². The van der Waals surface area contributed by atoms with Gasteiger partial charge in [0.1, 0.15) is 0 Å². The van der Waals surface area contributed by atoms with Crippen molar-refractivity contribution in [1.82, 2.24) is 0 Å². The minimum Gasteiger partial charge on any atom is -0.333 e. The van der Waals surface area contributed by atoms with Crippen LogP contribution in [-0.4, -0.2) is 16.9 Å². The lowest BCUT2D eigenvalue weighted by Gasteiger charge is -2.18. The zero-order chi connectivity index (χ0) is 14.7. The summed E-state index contributed by atoms with van der Waals surface area (Å²) in [6, 6.07) is 12.6. The average Bonchev–Trinajstić information content (AvgIpc) is 2.46. The molecule has 0 spiro atoms. The Morgan fingerprint density at radius 3 is 1.80 bits per heavy atom. The summed E-state index contributed by atoms with van der Waals surface area (Å²) in [5.41, 5.74) is -0.00490. The Hall–Kier alpha value is -2.96. The van der Waals surface area contributed by atoms with Crippen molar-refractivity contribution in [3.63, 3.8) is 0 Å². The number of rotatable bonds is 4. The summed E-state index contributed by atoms with van der Waals surface area (Å²) in [4.78, 5) is 22.4. The van der Waals surface area contributed by atoms with Crippen molar-refractivity contribution in [2.24, 2.45) is 0 Å². The van der Waals surface area contributed by atoms with E-state index in [0.29, 0.717) is 5.69 Å². The zero-order valence-electron chi connectivity index (χ0n) is 10.6. The van der Waals surface area contributed by atoms with Gasteiger partial charge in [0.05, 0.1) is 9.85 Å². The molecule has 0 unspecified atom stereocenters. The average molecular weight is 273 g/mol. The van der Waals surface area contributed by atoms with Crippen LogP contribution in [0.4, 0.5) is 22.7 Å². The van der Waals surface area contributed by atoms with Gasteiger partial charge in [-0.15, -0.1) is 0 Å². The Kier molecular flexibility index (Phi) is 3.60. The number of nitro groups is 2. The van der Waals surface area contributed by atoms with Crippen molar-refractivity contribution in [3.8, 4) is 0 Å². The fraction of sp³-hybridized carbons (Fsp3) is 0.0769. The van der Waals surface area contributed by atoms with Gasteiger partial charge in [0.25, 0.3) is 11.4 Å². The monoisotopic (exact) mass is 273 g/mol. The molecule has 2 aromatic carbocycles. The highest BCUT2D eigenvalue weighted by Crippen LogP contribution is 2.39. The molecule has 0 atom stereocenters. The first-order valence-electron chi connectivity index (χ1n) is 5.73. The van der Waals surface area contributed by atoms with Crippen LogP contribution in [0.1, 0.15) is 0 Å². The third kappa shape index (κ3) is 2.41. The van der Waals surface area contributed by atoms with E-state index in [4.69, 9.17) is 0 Å². The molecule has 0 amide bonds. The van der Waals surface area contributed by atoms with Gasteiger partial charge in [-0.2, -0.15) is 0 Å². The van der Waals surface area contributed by atoms with E-state index in [2.05, 4.69) is 0 Å². The van der Waals surface area contributed by atoms with Crippen LogP contribution in [0.15, 0.2) is 48.5 Å². The van der Waals surface area contributed by atoms with Crippen molar-refractivity contribution in [3.05, 3.63) is 68.8 Å². The number of nitrogens with zero attached hydrogens (tertiary/aromatic N) is 3. The molecule has 2 rings (SSSR count). The largest absolute Gasteiger partial charge is 0.333 e. The summed E-state index contributed by atoms with van der Waals surface area (Å²) in [5.74, 6) is 0. The molecule has 2 aromatic rings. The SMILES string of the molecule is CN(c1ccccc1)c1c([N+](=O)[O-])cccc1[N+](=O)[O-]. The fourth-order valence-corrected chi connectivity index (χ4v) is 1.94. The first-order valence-corrected chi connectivity index (χ1v) is 5.73. The molecule has 0 aliphatic carbocycles. The summed E-state index contributed by atoms with van der Waals surface area (Å²) in [6.07, 6.45) is 0. The lowest BCUT2D eigenvalue weighted by molar-refractivity contribution is -0.392. The molecule has 0 saturated carbocycles. The summed E-state index contributed by atoms with van der Waals surface area (Å²) >= 11 is 0. The molecular formula is C13H11N3O4. The molecule has 0 saturated heterocycles. The number of hydrogen-bond acceptors (Lipinski definition) is 5. The maximum atomic E-state index is 11.1. The predicted octanol–water partition coefficient (Wildman–Crippen LogP) is 3.27. The van der Waals surface area contributed by atoms with Crippen molar-refractivity contribution < 1.29 is 9.85 Å². The normalized spacial score (nSPS) is 10.1.